The third kappa shape index (κ3) is 20.2. The second kappa shape index (κ2) is 30.3. The first-order valence-electron chi connectivity index (χ1n) is 20.5. The molecule has 0 bridgehead atoms. The normalized spacial score (nSPS) is 11.8. The van der Waals surface area contributed by atoms with Gasteiger partial charge in [0.15, 0.2) is 0 Å². The van der Waals surface area contributed by atoms with E-state index >= 15 is 0 Å². The Morgan fingerprint density at radius 2 is 0.792 bits per heavy atom. The van der Waals surface area contributed by atoms with Gasteiger partial charge in [-0.25, -0.2) is 0 Å². The van der Waals surface area contributed by atoms with E-state index in [0.717, 1.165) is 49.2 Å². The van der Waals surface area contributed by atoms with Crippen molar-refractivity contribution in [1.29, 1.82) is 0 Å². The van der Waals surface area contributed by atoms with Crippen LogP contribution in [0.4, 0.5) is 11.4 Å². The molecule has 2 rings (SSSR count). The Labute approximate surface area is 312 Å². The van der Waals surface area contributed by atoms with Crippen LogP contribution in [0.1, 0.15) is 198 Å². The molecule has 2 aromatic carbocycles. The maximum absolute atomic E-state index is 5.12. The zero-order valence-electron chi connectivity index (χ0n) is 32.1. The Kier molecular flexibility index (Phi) is 28.1. The molecule has 0 saturated carbocycles. The van der Waals surface area contributed by atoms with E-state index in [0.29, 0.717) is 0 Å². The number of unbranched alkanes of at least 4 members (excludes halogenated alkanes) is 20. The fourth-order valence-corrected chi connectivity index (χ4v) is 6.92. The van der Waals surface area contributed by atoms with Crippen molar-refractivity contribution in [1.82, 2.24) is 0 Å². The van der Waals surface area contributed by atoms with Crippen LogP contribution in [-0.4, -0.2) is 11.9 Å². The van der Waals surface area contributed by atoms with Gasteiger partial charge in [0.25, 0.3) is 0 Å². The fraction of sp³-hybridized carbons (Fsp3) is 0.689. The topological polar surface area (TPSA) is 24.7 Å². The Morgan fingerprint density at radius 3 is 1.19 bits per heavy atom. The minimum absolute atomic E-state index is 0. The van der Waals surface area contributed by atoms with E-state index in [9.17, 15) is 0 Å². The standard InChI is InChI=1S/C45H74N2.Pd/c1-6-11-12-13-14-15-16-17-18-19-20-21-22-23-24-25-26-27-28-29-30-31-45(47-44-35-33-40(8-3)42(10-5)37-44)38-46-43-34-32-39(7-2)41(9-4)36-43;/h32-38H,6-31H2,1-5H3;. The maximum atomic E-state index is 5.12. The molecule has 0 aliphatic carbocycles. The molecule has 0 amide bonds. The minimum Gasteiger partial charge on any atom is -0.255 e. The van der Waals surface area contributed by atoms with E-state index in [1.165, 1.54) is 157 Å². The molecule has 3 heteroatoms. The fourth-order valence-electron chi connectivity index (χ4n) is 6.92. The number of aryl methyl sites for hydroxylation is 4. The number of rotatable bonds is 29. The molecule has 0 saturated heterocycles. The summed E-state index contributed by atoms with van der Waals surface area (Å²) >= 11 is 0. The minimum atomic E-state index is 0. The number of nitrogens with zero attached hydrogens (tertiary/aromatic N) is 2. The molecule has 48 heavy (non-hydrogen) atoms. The molecule has 2 aromatic rings. The van der Waals surface area contributed by atoms with Crippen LogP contribution >= 0.6 is 0 Å². The predicted octanol–water partition coefficient (Wildman–Crippen LogP) is 15.0. The van der Waals surface area contributed by atoms with Gasteiger partial charge in [0.1, 0.15) is 0 Å². The van der Waals surface area contributed by atoms with Gasteiger partial charge in [-0.2, -0.15) is 0 Å². The number of hydrogen-bond donors (Lipinski definition) is 0. The summed E-state index contributed by atoms with van der Waals surface area (Å²) in [5.74, 6) is 0. The Bertz CT molecular complexity index is 1120. The third-order valence-electron chi connectivity index (χ3n) is 10.1. The Balaban J connectivity index is 0.0000115. The summed E-state index contributed by atoms with van der Waals surface area (Å²) in [5, 5.41) is 0. The monoisotopic (exact) mass is 748 g/mol. The third-order valence-corrected chi connectivity index (χ3v) is 10.1. The average Bonchev–Trinajstić information content (AvgIpc) is 3.10. The Morgan fingerprint density at radius 1 is 0.438 bits per heavy atom. The summed E-state index contributed by atoms with van der Waals surface area (Å²) in [6, 6.07) is 13.4. The van der Waals surface area contributed by atoms with E-state index in [-0.39, 0.29) is 20.4 Å². The predicted molar refractivity (Wildman–Crippen MR) is 213 cm³/mol. The molecule has 0 unspecified atom stereocenters. The number of aliphatic imine (C=N–C) groups is 2. The molecule has 0 aromatic heterocycles. The van der Waals surface area contributed by atoms with Gasteiger partial charge in [0.05, 0.1) is 17.1 Å². The van der Waals surface area contributed by atoms with Crippen molar-refractivity contribution in [2.24, 2.45) is 9.98 Å². The van der Waals surface area contributed by atoms with E-state index in [1.54, 1.807) is 0 Å². The molecule has 0 atom stereocenters. The quantitative estimate of drug-likeness (QED) is 0.0450. The van der Waals surface area contributed by atoms with E-state index in [2.05, 4.69) is 71.0 Å². The van der Waals surface area contributed by atoms with Crippen LogP contribution in [0.3, 0.4) is 0 Å². The molecular weight excluding hydrogens is 675 g/mol. The first-order chi connectivity index (χ1) is 23.1. The van der Waals surface area contributed by atoms with Crippen LogP contribution in [0, 0.1) is 0 Å². The van der Waals surface area contributed by atoms with Gasteiger partial charge >= 0.3 is 0 Å². The summed E-state index contributed by atoms with van der Waals surface area (Å²) in [5.41, 5.74) is 8.92. The van der Waals surface area contributed by atoms with E-state index < -0.39 is 0 Å². The summed E-state index contributed by atoms with van der Waals surface area (Å²) in [6.45, 7) is 11.3. The van der Waals surface area contributed by atoms with Crippen molar-refractivity contribution in [3.8, 4) is 0 Å². The summed E-state index contributed by atoms with van der Waals surface area (Å²) in [6.07, 6.45) is 37.0. The van der Waals surface area contributed by atoms with Crippen LogP contribution in [0.2, 0.25) is 0 Å². The zero-order valence-corrected chi connectivity index (χ0v) is 33.7. The zero-order chi connectivity index (χ0) is 33.8. The molecule has 0 aliphatic heterocycles. The maximum Gasteiger partial charge on any atom is 0.0636 e. The van der Waals surface area contributed by atoms with Gasteiger partial charge in [0.2, 0.25) is 0 Å². The first kappa shape index (κ1) is 44.5. The van der Waals surface area contributed by atoms with Crippen LogP contribution in [0.25, 0.3) is 0 Å². The smallest absolute Gasteiger partial charge is 0.0636 e. The van der Waals surface area contributed by atoms with Crippen LogP contribution < -0.4 is 0 Å². The number of benzene rings is 2. The van der Waals surface area contributed by atoms with Crippen LogP contribution in [-0.2, 0) is 46.1 Å². The molecular formula is C45H74N2Pd. The number of hydrogen-bond acceptors (Lipinski definition) is 2. The van der Waals surface area contributed by atoms with Crippen molar-refractivity contribution in [2.45, 2.75) is 202 Å². The summed E-state index contributed by atoms with van der Waals surface area (Å²) in [4.78, 5) is 10.0. The molecule has 0 aliphatic rings. The van der Waals surface area contributed by atoms with Gasteiger partial charge in [-0.3, -0.25) is 9.98 Å². The van der Waals surface area contributed by atoms with E-state index in [1.807, 2.05) is 6.21 Å². The van der Waals surface area contributed by atoms with Gasteiger partial charge in [-0.05, 0) is 85.0 Å². The molecule has 274 valence electrons. The largest absolute Gasteiger partial charge is 0.255 e. The van der Waals surface area contributed by atoms with Gasteiger partial charge in [-0.1, -0.05) is 175 Å². The second-order valence-corrected chi connectivity index (χ2v) is 14.0. The second-order valence-electron chi connectivity index (χ2n) is 14.0. The SMILES string of the molecule is CCCCCCCCCCCCCCCCCCCCCCCC(C=Nc1ccc(CC)c(CC)c1)=Nc1ccc(CC)c(CC)c1.[Pd]. The van der Waals surface area contributed by atoms with Crippen molar-refractivity contribution < 1.29 is 20.4 Å². The molecule has 0 N–H and O–H groups in total. The van der Waals surface area contributed by atoms with Crippen LogP contribution in [0.5, 0.6) is 0 Å². The van der Waals surface area contributed by atoms with Gasteiger partial charge in [0, 0.05) is 26.6 Å². The molecule has 0 fully saturated rings. The van der Waals surface area contributed by atoms with Crippen molar-refractivity contribution >= 4 is 23.3 Å². The Hall–Kier alpha value is -1.56. The van der Waals surface area contributed by atoms with Crippen LogP contribution in [0.15, 0.2) is 46.4 Å². The average molecular weight is 750 g/mol. The van der Waals surface area contributed by atoms with Crippen molar-refractivity contribution in [2.75, 3.05) is 0 Å². The van der Waals surface area contributed by atoms with E-state index in [4.69, 9.17) is 9.98 Å². The molecule has 2 nitrogen and oxygen atoms in total. The summed E-state index contributed by atoms with van der Waals surface area (Å²) < 4.78 is 0. The van der Waals surface area contributed by atoms with Crippen molar-refractivity contribution in [3.63, 3.8) is 0 Å². The molecule has 0 radical (unpaired) electrons. The first-order valence-corrected chi connectivity index (χ1v) is 20.5. The van der Waals surface area contributed by atoms with Crippen molar-refractivity contribution in [3.05, 3.63) is 58.7 Å². The summed E-state index contributed by atoms with van der Waals surface area (Å²) in [7, 11) is 0. The van der Waals surface area contributed by atoms with Gasteiger partial charge < -0.3 is 0 Å². The molecule has 0 heterocycles. The van der Waals surface area contributed by atoms with Gasteiger partial charge in [-0.15, -0.1) is 0 Å². The molecule has 0 spiro atoms.